The summed E-state index contributed by atoms with van der Waals surface area (Å²) in [6, 6.07) is 4.21. The summed E-state index contributed by atoms with van der Waals surface area (Å²) < 4.78 is 40.3. The van der Waals surface area contributed by atoms with E-state index >= 15 is 0 Å². The van der Waals surface area contributed by atoms with Crippen LogP contribution in [0.3, 0.4) is 0 Å². The van der Waals surface area contributed by atoms with E-state index < -0.39 is 11.9 Å². The number of nitrogens with two attached hydrogens (primary N) is 1. The highest BCUT2D eigenvalue weighted by atomic mass is 35.5. The van der Waals surface area contributed by atoms with Crippen molar-refractivity contribution in [2.75, 3.05) is 5.73 Å². The molecule has 8 heteroatoms. The Bertz CT molecular complexity index is 650. The van der Waals surface area contributed by atoms with Gasteiger partial charge in [0.25, 0.3) is 0 Å². The van der Waals surface area contributed by atoms with E-state index in [2.05, 4.69) is 5.10 Å². The van der Waals surface area contributed by atoms with Gasteiger partial charge in [0, 0.05) is 17.1 Å². The van der Waals surface area contributed by atoms with E-state index in [1.54, 1.807) is 6.92 Å². The second-order valence-electron chi connectivity index (χ2n) is 4.05. The van der Waals surface area contributed by atoms with Crippen LogP contribution in [0.15, 0.2) is 18.2 Å². The van der Waals surface area contributed by atoms with Crippen molar-refractivity contribution >= 4 is 29.0 Å². The monoisotopic (exact) mass is 323 g/mol. The predicted molar refractivity (Wildman–Crippen MR) is 72.8 cm³/mol. The Morgan fingerprint density at radius 1 is 1.30 bits per heavy atom. The van der Waals surface area contributed by atoms with Gasteiger partial charge < -0.3 is 5.73 Å². The average Bonchev–Trinajstić information content (AvgIpc) is 2.66. The summed E-state index contributed by atoms with van der Waals surface area (Å²) in [6.45, 7) is 1.87. The van der Waals surface area contributed by atoms with Gasteiger partial charge in [-0.2, -0.15) is 18.3 Å². The summed E-state index contributed by atoms with van der Waals surface area (Å²) in [7, 11) is 0. The minimum atomic E-state index is -4.62. The molecule has 20 heavy (non-hydrogen) atoms. The molecule has 3 nitrogen and oxygen atoms in total. The lowest BCUT2D eigenvalue weighted by molar-refractivity contribution is -0.141. The van der Waals surface area contributed by atoms with E-state index in [-0.39, 0.29) is 28.5 Å². The zero-order valence-corrected chi connectivity index (χ0v) is 11.8. The first-order valence-corrected chi connectivity index (χ1v) is 6.40. The largest absolute Gasteiger partial charge is 0.435 e. The summed E-state index contributed by atoms with van der Waals surface area (Å²) in [4.78, 5) is 0. The van der Waals surface area contributed by atoms with Crippen LogP contribution < -0.4 is 5.73 Å². The number of nitrogen functional groups attached to an aromatic ring is 1. The predicted octanol–water partition coefficient (Wildman–Crippen LogP) is 4.48. The Balaban J connectivity index is 2.75. The van der Waals surface area contributed by atoms with Gasteiger partial charge in [-0.25, -0.2) is 4.68 Å². The van der Waals surface area contributed by atoms with Crippen LogP contribution in [0.2, 0.25) is 10.0 Å². The van der Waals surface area contributed by atoms with Crippen molar-refractivity contribution in [1.82, 2.24) is 9.78 Å². The number of halogens is 5. The van der Waals surface area contributed by atoms with Gasteiger partial charge in [0.15, 0.2) is 5.69 Å². The zero-order valence-electron chi connectivity index (χ0n) is 10.3. The standard InChI is InChI=1S/C12H10Cl2F3N3/c1-2-20-11(18)9(10(19-20)12(15,16)17)7-4-3-6(13)5-8(7)14/h3-5H,2,18H2,1H3. The Labute approximate surface area is 123 Å². The molecule has 0 aliphatic heterocycles. The second-order valence-corrected chi connectivity index (χ2v) is 4.89. The molecule has 0 spiro atoms. The first-order valence-electron chi connectivity index (χ1n) is 5.64. The smallest absolute Gasteiger partial charge is 0.383 e. The number of anilines is 1. The Kier molecular flexibility index (Phi) is 3.88. The Morgan fingerprint density at radius 2 is 1.95 bits per heavy atom. The highest BCUT2D eigenvalue weighted by molar-refractivity contribution is 6.36. The van der Waals surface area contributed by atoms with Crippen LogP contribution >= 0.6 is 23.2 Å². The quantitative estimate of drug-likeness (QED) is 0.885. The summed E-state index contributed by atoms with van der Waals surface area (Å²) >= 11 is 11.7. The molecule has 0 fully saturated rings. The third-order valence-electron chi connectivity index (χ3n) is 2.76. The van der Waals surface area contributed by atoms with Crippen molar-refractivity contribution in [3.8, 4) is 11.1 Å². The number of hydrogen-bond acceptors (Lipinski definition) is 2. The molecule has 0 saturated heterocycles. The van der Waals surface area contributed by atoms with E-state index in [1.165, 1.54) is 18.2 Å². The Morgan fingerprint density at radius 3 is 2.45 bits per heavy atom. The molecular weight excluding hydrogens is 314 g/mol. The SMILES string of the molecule is CCn1nc(C(F)(F)F)c(-c2ccc(Cl)cc2Cl)c1N. The topological polar surface area (TPSA) is 43.8 Å². The van der Waals surface area contributed by atoms with Crippen molar-refractivity contribution < 1.29 is 13.2 Å². The number of aromatic nitrogens is 2. The third kappa shape index (κ3) is 2.58. The number of alkyl halides is 3. The minimum absolute atomic E-state index is 0.0796. The van der Waals surface area contributed by atoms with E-state index in [0.717, 1.165) is 4.68 Å². The van der Waals surface area contributed by atoms with Gasteiger partial charge in [-0.15, -0.1) is 0 Å². The summed E-state index contributed by atoms with van der Waals surface area (Å²) in [5, 5.41) is 3.93. The van der Waals surface area contributed by atoms with Crippen molar-refractivity contribution in [1.29, 1.82) is 0 Å². The van der Waals surface area contributed by atoms with Crippen LogP contribution in [0.1, 0.15) is 12.6 Å². The van der Waals surface area contributed by atoms with E-state index in [1.807, 2.05) is 0 Å². The van der Waals surface area contributed by atoms with Gasteiger partial charge in [-0.05, 0) is 19.1 Å². The normalized spacial score (nSPS) is 11.9. The molecule has 0 radical (unpaired) electrons. The molecule has 1 heterocycles. The molecule has 2 rings (SSSR count). The molecule has 2 N–H and O–H groups in total. The van der Waals surface area contributed by atoms with E-state index in [9.17, 15) is 13.2 Å². The highest BCUT2D eigenvalue weighted by Crippen LogP contribution is 2.42. The minimum Gasteiger partial charge on any atom is -0.383 e. The number of nitrogens with zero attached hydrogens (tertiary/aromatic N) is 2. The van der Waals surface area contributed by atoms with Crippen LogP contribution in [0.4, 0.5) is 19.0 Å². The average molecular weight is 324 g/mol. The molecule has 0 amide bonds. The molecule has 108 valence electrons. The van der Waals surface area contributed by atoms with E-state index in [4.69, 9.17) is 28.9 Å². The van der Waals surface area contributed by atoms with Crippen LogP contribution in [0.25, 0.3) is 11.1 Å². The molecule has 0 aliphatic carbocycles. The van der Waals surface area contributed by atoms with Crippen molar-refractivity contribution in [2.45, 2.75) is 19.6 Å². The molecule has 2 aromatic rings. The van der Waals surface area contributed by atoms with Crippen LogP contribution in [0.5, 0.6) is 0 Å². The number of benzene rings is 1. The molecule has 0 aliphatic rings. The highest BCUT2D eigenvalue weighted by Gasteiger charge is 2.39. The lowest BCUT2D eigenvalue weighted by Crippen LogP contribution is -2.08. The number of rotatable bonds is 2. The van der Waals surface area contributed by atoms with Crippen LogP contribution in [-0.4, -0.2) is 9.78 Å². The lowest BCUT2D eigenvalue weighted by atomic mass is 10.1. The summed E-state index contributed by atoms with van der Waals surface area (Å²) in [5.74, 6) is -0.0796. The van der Waals surface area contributed by atoms with Gasteiger partial charge in [-0.1, -0.05) is 29.3 Å². The molecule has 1 aromatic heterocycles. The van der Waals surface area contributed by atoms with Crippen molar-refractivity contribution in [3.05, 3.63) is 33.9 Å². The van der Waals surface area contributed by atoms with Crippen LogP contribution in [-0.2, 0) is 12.7 Å². The molecule has 0 atom stereocenters. The maximum atomic E-state index is 13.1. The van der Waals surface area contributed by atoms with Gasteiger partial charge >= 0.3 is 6.18 Å². The first-order chi connectivity index (χ1) is 9.25. The molecule has 0 unspecified atom stereocenters. The third-order valence-corrected chi connectivity index (χ3v) is 3.31. The van der Waals surface area contributed by atoms with Gasteiger partial charge in [0.1, 0.15) is 5.82 Å². The maximum Gasteiger partial charge on any atom is 0.435 e. The van der Waals surface area contributed by atoms with Gasteiger partial charge in [-0.3, -0.25) is 0 Å². The summed E-state index contributed by atoms with van der Waals surface area (Å²) in [5.41, 5.74) is 4.64. The maximum absolute atomic E-state index is 13.1. The van der Waals surface area contributed by atoms with E-state index in [0.29, 0.717) is 5.02 Å². The zero-order chi connectivity index (χ0) is 15.1. The fraction of sp³-hybridized carbons (Fsp3) is 0.250. The number of hydrogen-bond donors (Lipinski definition) is 1. The van der Waals surface area contributed by atoms with Crippen LogP contribution in [0, 0.1) is 0 Å². The number of aryl methyl sites for hydroxylation is 1. The fourth-order valence-electron chi connectivity index (χ4n) is 1.87. The lowest BCUT2D eigenvalue weighted by Gasteiger charge is -2.09. The second kappa shape index (κ2) is 5.18. The molecule has 1 aromatic carbocycles. The first kappa shape index (κ1) is 15.0. The van der Waals surface area contributed by atoms with Gasteiger partial charge in [0.05, 0.1) is 10.6 Å². The Hall–Kier alpha value is -1.40. The summed E-state index contributed by atoms with van der Waals surface area (Å²) in [6.07, 6.45) is -4.62. The molecular formula is C12H10Cl2F3N3. The molecule has 0 bridgehead atoms. The van der Waals surface area contributed by atoms with Gasteiger partial charge in [0.2, 0.25) is 0 Å². The van der Waals surface area contributed by atoms with Crippen molar-refractivity contribution in [3.63, 3.8) is 0 Å². The fourth-order valence-corrected chi connectivity index (χ4v) is 2.38. The van der Waals surface area contributed by atoms with Crippen molar-refractivity contribution in [2.24, 2.45) is 0 Å². The molecule has 0 saturated carbocycles.